The van der Waals surface area contributed by atoms with Crippen LogP contribution in [0.5, 0.6) is 0 Å². The Morgan fingerprint density at radius 1 is 1.17 bits per heavy atom. The third kappa shape index (κ3) is 4.77. The molecule has 3 rings (SSSR count). The lowest BCUT2D eigenvalue weighted by atomic mass is 9.84. The Morgan fingerprint density at radius 2 is 1.90 bits per heavy atom. The number of hydrogen-bond acceptors (Lipinski definition) is 9. The standard InChI is InChI=1S/C21H32O9/c1-10-7-15-13(11(2)20(27)28-15)5-3-12(8-22)4-6-14(10)29-21-19(26)18(25)17(24)16(9-23)30-21/h4,7,11,13-19,21-26H,3,5-6,8-9H2,1-2H3/b10-7+,12-4-/t11-,13-,14+,15+,16+,17+,18-,19+,21+/m0/s1. The first-order valence-electron chi connectivity index (χ1n) is 10.4. The smallest absolute Gasteiger partial charge is 0.309 e. The highest BCUT2D eigenvalue weighted by molar-refractivity contribution is 5.75. The fourth-order valence-corrected chi connectivity index (χ4v) is 4.29. The lowest BCUT2D eigenvalue weighted by molar-refractivity contribution is -0.308. The van der Waals surface area contributed by atoms with Crippen LogP contribution in [0.1, 0.15) is 33.1 Å². The van der Waals surface area contributed by atoms with Gasteiger partial charge in [-0.15, -0.1) is 0 Å². The topological polar surface area (TPSA) is 146 Å². The lowest BCUT2D eigenvalue weighted by Gasteiger charge is -2.41. The van der Waals surface area contributed by atoms with Gasteiger partial charge in [0.2, 0.25) is 0 Å². The zero-order valence-corrected chi connectivity index (χ0v) is 17.3. The van der Waals surface area contributed by atoms with Crippen LogP contribution in [0.4, 0.5) is 0 Å². The van der Waals surface area contributed by atoms with Gasteiger partial charge < -0.3 is 39.7 Å². The van der Waals surface area contributed by atoms with E-state index in [0.29, 0.717) is 19.3 Å². The van der Waals surface area contributed by atoms with Crippen molar-refractivity contribution in [3.63, 3.8) is 0 Å². The van der Waals surface area contributed by atoms with Crippen LogP contribution in [0, 0.1) is 11.8 Å². The van der Waals surface area contributed by atoms with Crippen LogP contribution >= 0.6 is 0 Å². The van der Waals surface area contributed by atoms with Gasteiger partial charge in [-0.2, -0.15) is 0 Å². The van der Waals surface area contributed by atoms with Crippen molar-refractivity contribution in [2.75, 3.05) is 13.2 Å². The van der Waals surface area contributed by atoms with Crippen molar-refractivity contribution in [3.05, 3.63) is 23.3 Å². The quantitative estimate of drug-likeness (QED) is 0.293. The molecule has 5 N–H and O–H groups in total. The maximum atomic E-state index is 12.1. The summed E-state index contributed by atoms with van der Waals surface area (Å²) in [6.45, 7) is 3.00. The molecule has 9 atom stereocenters. The summed E-state index contributed by atoms with van der Waals surface area (Å²) in [6.07, 6.45) is -2.44. The minimum absolute atomic E-state index is 0.0200. The van der Waals surface area contributed by atoms with E-state index in [4.69, 9.17) is 14.2 Å². The fourth-order valence-electron chi connectivity index (χ4n) is 4.29. The maximum Gasteiger partial charge on any atom is 0.309 e. The molecule has 2 heterocycles. The minimum atomic E-state index is -1.53. The third-order valence-electron chi connectivity index (χ3n) is 6.39. The van der Waals surface area contributed by atoms with Crippen molar-refractivity contribution in [2.24, 2.45) is 11.8 Å². The molecule has 2 aliphatic heterocycles. The van der Waals surface area contributed by atoms with Crippen LogP contribution < -0.4 is 0 Å². The highest BCUT2D eigenvalue weighted by Gasteiger charge is 2.45. The summed E-state index contributed by atoms with van der Waals surface area (Å²) in [5, 5.41) is 49.4. The number of aliphatic hydroxyl groups excluding tert-OH is 5. The Hall–Kier alpha value is -1.33. The van der Waals surface area contributed by atoms with Crippen LogP contribution in [-0.4, -0.2) is 87.6 Å². The van der Waals surface area contributed by atoms with Crippen LogP contribution in [-0.2, 0) is 19.0 Å². The number of fused-ring (bicyclic) bond motifs is 1. The molecule has 0 unspecified atom stereocenters. The molecule has 0 saturated carbocycles. The van der Waals surface area contributed by atoms with Crippen molar-refractivity contribution < 1.29 is 44.5 Å². The number of esters is 1. The van der Waals surface area contributed by atoms with E-state index in [-0.39, 0.29) is 24.4 Å². The first-order valence-corrected chi connectivity index (χ1v) is 10.4. The second-order valence-electron chi connectivity index (χ2n) is 8.38. The van der Waals surface area contributed by atoms with Crippen LogP contribution in [0.2, 0.25) is 0 Å². The molecule has 170 valence electrons. The van der Waals surface area contributed by atoms with Gasteiger partial charge in [0.15, 0.2) is 6.29 Å². The molecular formula is C21H32O9. The van der Waals surface area contributed by atoms with E-state index >= 15 is 0 Å². The summed E-state index contributed by atoms with van der Waals surface area (Å²) in [6, 6.07) is 0. The molecule has 0 aromatic rings. The fraction of sp³-hybridized carbons (Fsp3) is 0.762. The SMILES string of the molecule is C/C1=C\[C@H]2OC(=O)[C@@H](C)[C@@H]2CC/C(CO)=C/C[C@H]1O[C@@H]1O[C@H](CO)[C@@H](O)[C@H](O)[C@H]1O. The summed E-state index contributed by atoms with van der Waals surface area (Å²) in [5.74, 6) is -0.522. The molecule has 0 aromatic carbocycles. The summed E-state index contributed by atoms with van der Waals surface area (Å²) in [5.41, 5.74) is 1.57. The molecule has 0 aromatic heterocycles. The predicted octanol–water partition coefficient (Wildman–Crippen LogP) is -0.602. The number of hydrogen-bond donors (Lipinski definition) is 5. The van der Waals surface area contributed by atoms with Crippen LogP contribution in [0.15, 0.2) is 23.3 Å². The van der Waals surface area contributed by atoms with Crippen molar-refractivity contribution in [2.45, 2.75) is 76.0 Å². The molecule has 1 aliphatic carbocycles. The lowest BCUT2D eigenvalue weighted by Crippen LogP contribution is -2.59. The van der Waals surface area contributed by atoms with Crippen LogP contribution in [0.25, 0.3) is 0 Å². The first kappa shape index (κ1) is 23.3. The van der Waals surface area contributed by atoms with E-state index < -0.39 is 49.5 Å². The number of carbonyl (C=O) groups is 1. The van der Waals surface area contributed by atoms with E-state index in [1.54, 1.807) is 0 Å². The summed E-state index contributed by atoms with van der Waals surface area (Å²) < 4.78 is 16.9. The van der Waals surface area contributed by atoms with Crippen molar-refractivity contribution in [1.29, 1.82) is 0 Å². The monoisotopic (exact) mass is 428 g/mol. The number of aliphatic hydroxyl groups is 5. The van der Waals surface area contributed by atoms with E-state index in [9.17, 15) is 30.3 Å². The zero-order valence-electron chi connectivity index (χ0n) is 17.3. The second kappa shape index (κ2) is 9.86. The molecule has 9 nitrogen and oxygen atoms in total. The maximum absolute atomic E-state index is 12.1. The Morgan fingerprint density at radius 3 is 2.57 bits per heavy atom. The van der Waals surface area contributed by atoms with Gasteiger partial charge in [-0.3, -0.25) is 4.79 Å². The molecule has 9 heteroatoms. The molecular weight excluding hydrogens is 396 g/mol. The average Bonchev–Trinajstić information content (AvgIpc) is 2.99. The summed E-state index contributed by atoms with van der Waals surface area (Å²) in [7, 11) is 0. The molecule has 2 fully saturated rings. The summed E-state index contributed by atoms with van der Waals surface area (Å²) in [4.78, 5) is 12.1. The third-order valence-corrected chi connectivity index (χ3v) is 6.39. The molecule has 30 heavy (non-hydrogen) atoms. The zero-order chi connectivity index (χ0) is 22.0. The van der Waals surface area contributed by atoms with Gasteiger partial charge in [0.1, 0.15) is 30.5 Å². The van der Waals surface area contributed by atoms with Crippen molar-refractivity contribution >= 4 is 5.97 Å². The molecule has 2 saturated heterocycles. The molecule has 0 radical (unpaired) electrons. The van der Waals surface area contributed by atoms with E-state index in [1.807, 2.05) is 26.0 Å². The Labute approximate surface area is 175 Å². The average molecular weight is 428 g/mol. The highest BCUT2D eigenvalue weighted by Crippen LogP contribution is 2.36. The molecule has 0 amide bonds. The normalized spacial score (nSPS) is 46.2. The highest BCUT2D eigenvalue weighted by atomic mass is 16.7. The van der Waals surface area contributed by atoms with Gasteiger partial charge in [0.05, 0.1) is 25.2 Å². The Bertz CT molecular complexity index is 673. The number of ether oxygens (including phenoxy) is 3. The van der Waals surface area contributed by atoms with Gasteiger partial charge in [0, 0.05) is 5.92 Å². The number of rotatable bonds is 4. The van der Waals surface area contributed by atoms with E-state index in [1.165, 1.54) is 0 Å². The van der Waals surface area contributed by atoms with E-state index in [0.717, 1.165) is 11.1 Å². The van der Waals surface area contributed by atoms with Gasteiger partial charge >= 0.3 is 5.97 Å². The molecule has 0 bridgehead atoms. The predicted molar refractivity (Wildman–Crippen MR) is 104 cm³/mol. The Kier molecular flexibility index (Phi) is 7.67. The van der Waals surface area contributed by atoms with Gasteiger partial charge in [-0.1, -0.05) is 13.0 Å². The minimum Gasteiger partial charge on any atom is -0.458 e. The second-order valence-corrected chi connectivity index (χ2v) is 8.38. The largest absolute Gasteiger partial charge is 0.458 e. The van der Waals surface area contributed by atoms with E-state index in [2.05, 4.69) is 0 Å². The Balaban J connectivity index is 1.84. The number of carbonyl (C=O) groups excluding carboxylic acids is 1. The summed E-state index contributed by atoms with van der Waals surface area (Å²) >= 11 is 0. The first-order chi connectivity index (χ1) is 14.3. The van der Waals surface area contributed by atoms with Crippen molar-refractivity contribution in [3.8, 4) is 0 Å². The van der Waals surface area contributed by atoms with Crippen molar-refractivity contribution in [1.82, 2.24) is 0 Å². The molecule has 3 aliphatic rings. The van der Waals surface area contributed by atoms with Gasteiger partial charge in [-0.25, -0.2) is 0 Å². The van der Waals surface area contributed by atoms with Gasteiger partial charge in [-0.05, 0) is 43.4 Å². The van der Waals surface area contributed by atoms with Gasteiger partial charge in [0.25, 0.3) is 0 Å². The van der Waals surface area contributed by atoms with Crippen LogP contribution in [0.3, 0.4) is 0 Å². The molecule has 0 spiro atoms.